The van der Waals surface area contributed by atoms with Gasteiger partial charge in [0.15, 0.2) is 0 Å². The van der Waals surface area contributed by atoms with E-state index in [4.69, 9.17) is 0 Å². The molecule has 3 N–H and O–H groups in total. The first-order valence-corrected chi connectivity index (χ1v) is 12.2. The van der Waals surface area contributed by atoms with Crippen LogP contribution in [0, 0.1) is 23.2 Å². The highest BCUT2D eigenvalue weighted by atomic mass is 19.1. The van der Waals surface area contributed by atoms with Crippen molar-refractivity contribution >= 4 is 0 Å². The Morgan fingerprint density at radius 3 is 2.61 bits per heavy atom. The van der Waals surface area contributed by atoms with Crippen molar-refractivity contribution in [2.75, 3.05) is 0 Å². The molecule has 0 amide bonds. The third kappa shape index (κ3) is 5.34. The molecule has 4 heteroatoms. The lowest BCUT2D eigenvalue weighted by Crippen LogP contribution is -2.37. The molecule has 7 atom stereocenters. The van der Waals surface area contributed by atoms with Crippen LogP contribution in [-0.4, -0.2) is 39.3 Å². The molecule has 0 aromatic rings. The van der Waals surface area contributed by atoms with E-state index >= 15 is 0 Å². The van der Waals surface area contributed by atoms with Crippen LogP contribution in [0.2, 0.25) is 0 Å². The lowest BCUT2D eigenvalue weighted by Gasteiger charge is -2.44. The number of alkyl halides is 1. The number of aliphatic hydroxyl groups is 3. The van der Waals surface area contributed by atoms with Gasteiger partial charge in [-0.3, -0.25) is 0 Å². The molecule has 3 aliphatic rings. The Morgan fingerprint density at radius 1 is 1.23 bits per heavy atom. The molecule has 0 spiro atoms. The number of halogens is 1. The quantitative estimate of drug-likeness (QED) is 0.506. The Balaban J connectivity index is 1.71. The first kappa shape index (κ1) is 24.7. The lowest BCUT2D eigenvalue weighted by atomic mass is 9.60. The number of allylic oxidation sites excluding steroid dienone is 3. The minimum atomic E-state index is -1.26. The first-order valence-electron chi connectivity index (χ1n) is 12.2. The molecule has 3 rings (SSSR count). The molecule has 0 aromatic carbocycles. The molecular formula is C27H43FO3. The summed E-state index contributed by atoms with van der Waals surface area (Å²) in [5.41, 5.74) is 2.17. The summed E-state index contributed by atoms with van der Waals surface area (Å²) in [5.74, 6) is 1.57. The molecule has 0 aliphatic heterocycles. The van der Waals surface area contributed by atoms with E-state index in [1.165, 1.54) is 31.3 Å². The Hall–Kier alpha value is -0.970. The maximum Gasteiger partial charge on any atom is 0.128 e. The van der Waals surface area contributed by atoms with Crippen LogP contribution in [0.5, 0.6) is 0 Å². The van der Waals surface area contributed by atoms with Gasteiger partial charge in [-0.05, 0) is 99.5 Å². The van der Waals surface area contributed by atoms with Crippen LogP contribution in [0.1, 0.15) is 85.5 Å². The van der Waals surface area contributed by atoms with E-state index in [0.29, 0.717) is 37.0 Å². The van der Waals surface area contributed by atoms with Gasteiger partial charge in [0, 0.05) is 6.42 Å². The van der Waals surface area contributed by atoms with E-state index < -0.39 is 24.0 Å². The van der Waals surface area contributed by atoms with Crippen molar-refractivity contribution in [2.24, 2.45) is 23.2 Å². The van der Waals surface area contributed by atoms with Crippen molar-refractivity contribution in [3.63, 3.8) is 0 Å². The van der Waals surface area contributed by atoms with Gasteiger partial charge in [-0.15, -0.1) is 0 Å². The molecule has 0 radical (unpaired) electrons. The van der Waals surface area contributed by atoms with Crippen molar-refractivity contribution in [3.05, 3.63) is 35.5 Å². The third-order valence-electron chi connectivity index (χ3n) is 8.63. The minimum Gasteiger partial charge on any atom is -0.393 e. The maximum absolute atomic E-state index is 14.3. The molecule has 176 valence electrons. The highest BCUT2D eigenvalue weighted by molar-refractivity contribution is 5.38. The van der Waals surface area contributed by atoms with Crippen molar-refractivity contribution in [1.82, 2.24) is 0 Å². The zero-order valence-electron chi connectivity index (χ0n) is 19.9. The standard InChI is InChI=1S/C27H43FO3/c1-17(8-13-25(28)26(3,4)31)22-11-12-23-19(7-6-14-27(22,23)5)9-10-20-15-21(29)16-24(30)18(20)2/h9-10,17,21-25,29-31H,2,6-8,11-16H2,1,3-5H3/b19-9?,20-10-/t17-,21-,22-,23?,24-,25-,27-/m1/s1. The normalized spacial score (nSPS) is 39.0. The molecule has 1 unspecified atom stereocenters. The number of rotatable bonds is 6. The molecule has 3 nitrogen and oxygen atoms in total. The minimum absolute atomic E-state index is 0.241. The second-order valence-electron chi connectivity index (χ2n) is 11.3. The van der Waals surface area contributed by atoms with Crippen LogP contribution in [0.25, 0.3) is 0 Å². The fraction of sp³-hybridized carbons (Fsp3) is 0.778. The summed E-state index contributed by atoms with van der Waals surface area (Å²) in [7, 11) is 0. The van der Waals surface area contributed by atoms with Crippen LogP contribution in [0.15, 0.2) is 35.5 Å². The Morgan fingerprint density at radius 2 is 1.94 bits per heavy atom. The van der Waals surface area contributed by atoms with Gasteiger partial charge in [-0.1, -0.05) is 38.2 Å². The Bertz CT molecular complexity index is 718. The second-order valence-corrected chi connectivity index (χ2v) is 11.3. The zero-order valence-corrected chi connectivity index (χ0v) is 19.9. The maximum atomic E-state index is 14.3. The van der Waals surface area contributed by atoms with E-state index in [-0.39, 0.29) is 5.41 Å². The van der Waals surface area contributed by atoms with Crippen molar-refractivity contribution in [3.8, 4) is 0 Å². The summed E-state index contributed by atoms with van der Waals surface area (Å²) in [6.45, 7) is 11.8. The SMILES string of the molecule is C=C1/C(=C\C=C2CCC[C@@]3(C)C2CC[C@@H]3[C@H](C)CC[C@@H](F)C(C)(C)O)C[C@@H](O)C[C@H]1O. The summed E-state index contributed by atoms with van der Waals surface area (Å²) in [4.78, 5) is 0. The predicted octanol–water partition coefficient (Wildman–Crippen LogP) is 5.65. The first-order chi connectivity index (χ1) is 14.4. The van der Waals surface area contributed by atoms with Crippen LogP contribution in [0.4, 0.5) is 4.39 Å². The molecule has 3 saturated carbocycles. The van der Waals surface area contributed by atoms with Crippen molar-refractivity contribution in [2.45, 2.75) is 109 Å². The van der Waals surface area contributed by atoms with E-state index in [2.05, 4.69) is 32.6 Å². The molecule has 31 heavy (non-hydrogen) atoms. The smallest absolute Gasteiger partial charge is 0.128 e. The van der Waals surface area contributed by atoms with Gasteiger partial charge in [0.1, 0.15) is 6.17 Å². The molecule has 3 aliphatic carbocycles. The number of fused-ring (bicyclic) bond motifs is 1. The third-order valence-corrected chi connectivity index (χ3v) is 8.63. The monoisotopic (exact) mass is 434 g/mol. The second kappa shape index (κ2) is 9.49. The number of hydrogen-bond acceptors (Lipinski definition) is 3. The Kier molecular flexibility index (Phi) is 7.55. The summed E-state index contributed by atoms with van der Waals surface area (Å²) >= 11 is 0. The number of hydrogen-bond donors (Lipinski definition) is 3. The van der Waals surface area contributed by atoms with Crippen molar-refractivity contribution in [1.29, 1.82) is 0 Å². The molecule has 0 heterocycles. The van der Waals surface area contributed by atoms with Gasteiger partial charge in [-0.2, -0.15) is 0 Å². The van der Waals surface area contributed by atoms with E-state index in [9.17, 15) is 19.7 Å². The summed E-state index contributed by atoms with van der Waals surface area (Å²) in [5, 5.41) is 30.1. The van der Waals surface area contributed by atoms with Crippen molar-refractivity contribution < 1.29 is 19.7 Å². The fourth-order valence-electron chi connectivity index (χ4n) is 6.64. The van der Waals surface area contributed by atoms with Crippen LogP contribution < -0.4 is 0 Å². The predicted molar refractivity (Wildman–Crippen MR) is 124 cm³/mol. The molecule has 0 aromatic heterocycles. The van der Waals surface area contributed by atoms with Crippen LogP contribution in [0.3, 0.4) is 0 Å². The topological polar surface area (TPSA) is 60.7 Å². The highest BCUT2D eigenvalue weighted by Crippen LogP contribution is 2.60. The molecular weight excluding hydrogens is 391 g/mol. The summed E-state index contributed by atoms with van der Waals surface area (Å²) < 4.78 is 14.3. The zero-order chi connectivity index (χ0) is 23.0. The van der Waals surface area contributed by atoms with Gasteiger partial charge in [-0.25, -0.2) is 4.39 Å². The van der Waals surface area contributed by atoms with E-state index in [1.807, 2.05) is 0 Å². The Labute approximate surface area is 188 Å². The molecule has 0 bridgehead atoms. The molecule has 3 fully saturated rings. The van der Waals surface area contributed by atoms with Crippen LogP contribution >= 0.6 is 0 Å². The van der Waals surface area contributed by atoms with Gasteiger partial charge in [0.05, 0.1) is 17.8 Å². The highest BCUT2D eigenvalue weighted by Gasteiger charge is 2.50. The van der Waals surface area contributed by atoms with Gasteiger partial charge in [0.2, 0.25) is 0 Å². The average molecular weight is 435 g/mol. The summed E-state index contributed by atoms with van der Waals surface area (Å²) in [6, 6.07) is 0. The number of aliphatic hydroxyl groups excluding tert-OH is 2. The van der Waals surface area contributed by atoms with Gasteiger partial charge in [0.25, 0.3) is 0 Å². The lowest BCUT2D eigenvalue weighted by molar-refractivity contribution is -0.0119. The largest absolute Gasteiger partial charge is 0.393 e. The summed E-state index contributed by atoms with van der Waals surface area (Å²) in [6.07, 6.45) is 10.0. The van der Waals surface area contributed by atoms with Gasteiger partial charge < -0.3 is 15.3 Å². The van der Waals surface area contributed by atoms with Crippen LogP contribution in [-0.2, 0) is 0 Å². The molecule has 0 saturated heterocycles. The average Bonchev–Trinajstić information content (AvgIpc) is 3.04. The fourth-order valence-corrected chi connectivity index (χ4v) is 6.64. The van der Waals surface area contributed by atoms with E-state index in [1.54, 1.807) is 13.8 Å². The van der Waals surface area contributed by atoms with Gasteiger partial charge >= 0.3 is 0 Å². The van der Waals surface area contributed by atoms with E-state index in [0.717, 1.165) is 24.0 Å².